The van der Waals surface area contributed by atoms with Gasteiger partial charge in [0, 0.05) is 18.4 Å². The minimum absolute atomic E-state index is 0.0461. The summed E-state index contributed by atoms with van der Waals surface area (Å²) in [5.74, 6) is 1.34. The number of thiocarbonyl (C=S) groups is 1. The highest BCUT2D eigenvalue weighted by molar-refractivity contribution is 7.99. The van der Waals surface area contributed by atoms with Crippen LogP contribution in [0.25, 0.3) is 0 Å². The zero-order valence-electron chi connectivity index (χ0n) is 9.03. The Morgan fingerprint density at radius 3 is 2.56 bits per heavy atom. The van der Waals surface area contributed by atoms with Crippen molar-refractivity contribution in [3.8, 4) is 0 Å². The van der Waals surface area contributed by atoms with Gasteiger partial charge in [-0.1, -0.05) is 36.5 Å². The zero-order chi connectivity index (χ0) is 12.0. The van der Waals surface area contributed by atoms with E-state index >= 15 is 0 Å². The first-order chi connectivity index (χ1) is 7.63. The second-order valence-corrected chi connectivity index (χ2v) is 4.65. The quantitative estimate of drug-likeness (QED) is 0.778. The molecule has 0 aliphatic carbocycles. The minimum Gasteiger partial charge on any atom is -0.389 e. The summed E-state index contributed by atoms with van der Waals surface area (Å²) in [5, 5.41) is 2.58. The monoisotopic (exact) mass is 254 g/mol. The summed E-state index contributed by atoms with van der Waals surface area (Å²) >= 11 is 6.44. The molecule has 0 saturated carbocycles. The molecule has 16 heavy (non-hydrogen) atoms. The molecule has 1 aromatic carbocycles. The third-order valence-corrected chi connectivity index (χ3v) is 3.26. The van der Waals surface area contributed by atoms with Crippen molar-refractivity contribution >= 4 is 34.9 Å². The van der Waals surface area contributed by atoms with Crippen LogP contribution in [-0.2, 0) is 10.5 Å². The summed E-state index contributed by atoms with van der Waals surface area (Å²) in [5.41, 5.74) is 7.53. The highest BCUT2D eigenvalue weighted by atomic mass is 32.2. The van der Waals surface area contributed by atoms with Crippen LogP contribution in [0.3, 0.4) is 0 Å². The van der Waals surface area contributed by atoms with Crippen LogP contribution in [0.15, 0.2) is 24.3 Å². The van der Waals surface area contributed by atoms with E-state index in [0.29, 0.717) is 10.7 Å². The smallest absolute Gasteiger partial charge is 0.229 e. The summed E-state index contributed by atoms with van der Waals surface area (Å²) in [4.78, 5) is 11.4. The fraction of sp³-hybridized carbons (Fsp3) is 0.273. The van der Waals surface area contributed by atoms with Gasteiger partial charge in [0.15, 0.2) is 0 Å². The van der Waals surface area contributed by atoms with Crippen LogP contribution >= 0.6 is 24.0 Å². The Morgan fingerprint density at radius 1 is 1.44 bits per heavy atom. The van der Waals surface area contributed by atoms with Gasteiger partial charge in [0.05, 0.1) is 5.75 Å². The maximum Gasteiger partial charge on any atom is 0.229 e. The molecule has 0 aliphatic heterocycles. The van der Waals surface area contributed by atoms with E-state index in [-0.39, 0.29) is 5.91 Å². The van der Waals surface area contributed by atoms with Crippen molar-refractivity contribution in [3.63, 3.8) is 0 Å². The van der Waals surface area contributed by atoms with Crippen LogP contribution in [0.1, 0.15) is 11.1 Å². The summed E-state index contributed by atoms with van der Waals surface area (Å²) < 4.78 is 0. The molecular weight excluding hydrogens is 240 g/mol. The summed E-state index contributed by atoms with van der Waals surface area (Å²) in [6.07, 6.45) is 0. The van der Waals surface area contributed by atoms with E-state index in [1.54, 1.807) is 18.8 Å². The van der Waals surface area contributed by atoms with Gasteiger partial charge in [-0.25, -0.2) is 0 Å². The number of nitrogens with two attached hydrogens (primary N) is 1. The Labute approximate surface area is 105 Å². The van der Waals surface area contributed by atoms with Gasteiger partial charge in [0.25, 0.3) is 0 Å². The normalized spacial score (nSPS) is 9.81. The highest BCUT2D eigenvalue weighted by Crippen LogP contribution is 2.12. The number of carbonyl (C=O) groups is 1. The molecule has 0 fully saturated rings. The number of benzene rings is 1. The lowest BCUT2D eigenvalue weighted by Crippen LogP contribution is -2.19. The third-order valence-electron chi connectivity index (χ3n) is 2.02. The molecule has 1 amide bonds. The van der Waals surface area contributed by atoms with Gasteiger partial charge < -0.3 is 11.1 Å². The summed E-state index contributed by atoms with van der Waals surface area (Å²) in [6.45, 7) is 0. The molecule has 3 nitrogen and oxygen atoms in total. The summed E-state index contributed by atoms with van der Waals surface area (Å²) in [7, 11) is 1.64. The Morgan fingerprint density at radius 2 is 2.06 bits per heavy atom. The van der Waals surface area contributed by atoms with Gasteiger partial charge in [-0.2, -0.15) is 0 Å². The van der Waals surface area contributed by atoms with Crippen molar-refractivity contribution in [2.45, 2.75) is 5.75 Å². The molecule has 0 spiro atoms. The van der Waals surface area contributed by atoms with Gasteiger partial charge in [0.2, 0.25) is 5.91 Å². The molecule has 3 N–H and O–H groups in total. The lowest BCUT2D eigenvalue weighted by atomic mass is 10.1. The SMILES string of the molecule is CNC(=O)CSCc1ccc(C(N)=S)cc1. The standard InChI is InChI=1S/C11H14N2OS2/c1-13-10(14)7-16-6-8-2-4-9(5-3-8)11(12)15/h2-5H,6-7H2,1H3,(H2,12,15)(H,13,14). The maximum absolute atomic E-state index is 11.0. The first kappa shape index (κ1) is 13.0. The van der Waals surface area contributed by atoms with E-state index in [1.807, 2.05) is 24.3 Å². The van der Waals surface area contributed by atoms with Crippen LogP contribution in [0.4, 0.5) is 0 Å². The molecular formula is C11H14N2OS2. The van der Waals surface area contributed by atoms with E-state index in [4.69, 9.17) is 18.0 Å². The Balaban J connectivity index is 2.43. The molecule has 0 aliphatic rings. The average molecular weight is 254 g/mol. The van der Waals surface area contributed by atoms with Crippen LogP contribution in [-0.4, -0.2) is 23.7 Å². The average Bonchev–Trinajstić information content (AvgIpc) is 2.29. The van der Waals surface area contributed by atoms with Crippen LogP contribution < -0.4 is 11.1 Å². The van der Waals surface area contributed by atoms with E-state index in [0.717, 1.165) is 16.9 Å². The van der Waals surface area contributed by atoms with Gasteiger partial charge in [-0.3, -0.25) is 4.79 Å². The van der Waals surface area contributed by atoms with Crippen LogP contribution in [0.2, 0.25) is 0 Å². The summed E-state index contributed by atoms with van der Waals surface area (Å²) in [6, 6.07) is 7.76. The van der Waals surface area contributed by atoms with Crippen molar-refractivity contribution in [1.82, 2.24) is 5.32 Å². The van der Waals surface area contributed by atoms with Gasteiger partial charge in [-0.15, -0.1) is 11.8 Å². The largest absolute Gasteiger partial charge is 0.389 e. The number of nitrogens with one attached hydrogen (secondary N) is 1. The van der Waals surface area contributed by atoms with Crippen molar-refractivity contribution in [1.29, 1.82) is 0 Å². The first-order valence-electron chi connectivity index (χ1n) is 4.80. The minimum atomic E-state index is 0.0461. The Bertz CT molecular complexity index is 376. The number of hydrogen-bond acceptors (Lipinski definition) is 3. The van der Waals surface area contributed by atoms with Gasteiger partial charge in [-0.05, 0) is 5.56 Å². The lowest BCUT2D eigenvalue weighted by molar-refractivity contribution is -0.118. The van der Waals surface area contributed by atoms with Crippen LogP contribution in [0.5, 0.6) is 0 Å². The third kappa shape index (κ3) is 4.20. The first-order valence-corrected chi connectivity index (χ1v) is 6.37. The molecule has 0 aromatic heterocycles. The molecule has 0 heterocycles. The van der Waals surface area contributed by atoms with Crippen molar-refractivity contribution < 1.29 is 4.79 Å². The number of hydrogen-bond donors (Lipinski definition) is 2. The van der Waals surface area contributed by atoms with E-state index in [2.05, 4.69) is 5.32 Å². The predicted octanol–water partition coefficient (Wildman–Crippen LogP) is 1.30. The van der Waals surface area contributed by atoms with E-state index in [1.165, 1.54) is 0 Å². The zero-order valence-corrected chi connectivity index (χ0v) is 10.7. The lowest BCUT2D eigenvalue weighted by Gasteiger charge is -2.03. The fourth-order valence-corrected chi connectivity index (χ4v) is 2.10. The number of amides is 1. The van der Waals surface area contributed by atoms with Gasteiger partial charge >= 0.3 is 0 Å². The number of thioether (sulfide) groups is 1. The second kappa shape index (κ2) is 6.50. The molecule has 1 aromatic rings. The van der Waals surface area contributed by atoms with Crippen molar-refractivity contribution in [2.24, 2.45) is 5.73 Å². The number of rotatable bonds is 5. The Hall–Kier alpha value is -1.07. The van der Waals surface area contributed by atoms with Crippen molar-refractivity contribution in [2.75, 3.05) is 12.8 Å². The molecule has 0 radical (unpaired) electrons. The maximum atomic E-state index is 11.0. The number of carbonyl (C=O) groups excluding carboxylic acids is 1. The molecule has 0 bridgehead atoms. The highest BCUT2D eigenvalue weighted by Gasteiger charge is 2.00. The molecule has 86 valence electrons. The Kier molecular flexibility index (Phi) is 5.28. The van der Waals surface area contributed by atoms with E-state index < -0.39 is 0 Å². The second-order valence-electron chi connectivity index (χ2n) is 3.23. The van der Waals surface area contributed by atoms with Crippen LogP contribution in [0, 0.1) is 0 Å². The molecule has 5 heteroatoms. The van der Waals surface area contributed by atoms with Crippen molar-refractivity contribution in [3.05, 3.63) is 35.4 Å². The molecule has 0 unspecified atom stereocenters. The van der Waals surface area contributed by atoms with Gasteiger partial charge in [0.1, 0.15) is 4.99 Å². The fourth-order valence-electron chi connectivity index (χ4n) is 1.10. The topological polar surface area (TPSA) is 55.1 Å². The molecule has 0 atom stereocenters. The molecule has 1 rings (SSSR count). The van der Waals surface area contributed by atoms with E-state index in [9.17, 15) is 4.79 Å². The molecule has 0 saturated heterocycles. The predicted molar refractivity (Wildman–Crippen MR) is 72.6 cm³/mol.